The lowest BCUT2D eigenvalue weighted by molar-refractivity contribution is -0.114. The van der Waals surface area contributed by atoms with Gasteiger partial charge in [0.15, 0.2) is 0 Å². The van der Waals surface area contributed by atoms with E-state index in [-0.39, 0.29) is 12.0 Å². The van der Waals surface area contributed by atoms with Crippen molar-refractivity contribution in [2.45, 2.75) is 17.9 Å². The first-order valence-electron chi connectivity index (χ1n) is 5.45. The molecule has 0 spiro atoms. The van der Waals surface area contributed by atoms with E-state index in [1.807, 2.05) is 31.3 Å². The van der Waals surface area contributed by atoms with E-state index in [1.54, 1.807) is 11.8 Å². The second kappa shape index (κ2) is 7.32. The fraction of sp³-hybridized carbons (Fsp3) is 0.417. The molecule has 1 aromatic rings. The number of amides is 1. The maximum absolute atomic E-state index is 10.8. The van der Waals surface area contributed by atoms with Crippen LogP contribution in [-0.4, -0.2) is 36.5 Å². The monoisotopic (exact) mass is 254 g/mol. The number of aliphatic hydroxyl groups excluding tert-OH is 1. The molecular weight excluding hydrogens is 236 g/mol. The van der Waals surface area contributed by atoms with Gasteiger partial charge in [-0.15, -0.1) is 11.8 Å². The third-order valence-corrected chi connectivity index (χ3v) is 3.21. The van der Waals surface area contributed by atoms with Crippen molar-refractivity contribution in [3.63, 3.8) is 0 Å². The number of benzene rings is 1. The fourth-order valence-electron chi connectivity index (χ4n) is 1.32. The second-order valence-electron chi connectivity index (χ2n) is 3.73. The fourth-order valence-corrected chi connectivity index (χ4v) is 2.16. The highest BCUT2D eigenvalue weighted by Gasteiger charge is 2.03. The summed E-state index contributed by atoms with van der Waals surface area (Å²) in [5.74, 6) is 0.579. The van der Waals surface area contributed by atoms with Crippen LogP contribution in [-0.2, 0) is 4.79 Å². The number of carbonyl (C=O) groups is 1. The van der Waals surface area contributed by atoms with Crippen LogP contribution in [0.3, 0.4) is 0 Å². The van der Waals surface area contributed by atoms with Crippen LogP contribution in [0.25, 0.3) is 0 Å². The van der Waals surface area contributed by atoms with Crippen molar-refractivity contribution in [2.75, 3.05) is 24.7 Å². The molecule has 0 fully saturated rings. The van der Waals surface area contributed by atoms with E-state index < -0.39 is 0 Å². The first-order chi connectivity index (χ1) is 8.11. The molecule has 0 bridgehead atoms. The van der Waals surface area contributed by atoms with E-state index >= 15 is 0 Å². The molecule has 0 aliphatic rings. The van der Waals surface area contributed by atoms with Gasteiger partial charge in [0.05, 0.1) is 6.10 Å². The van der Waals surface area contributed by atoms with Gasteiger partial charge in [0.25, 0.3) is 0 Å². The van der Waals surface area contributed by atoms with Crippen molar-refractivity contribution in [3.8, 4) is 0 Å². The third-order valence-electron chi connectivity index (χ3n) is 2.06. The molecule has 0 aromatic heterocycles. The molecule has 1 aromatic carbocycles. The van der Waals surface area contributed by atoms with Crippen molar-refractivity contribution in [1.29, 1.82) is 0 Å². The van der Waals surface area contributed by atoms with Crippen LogP contribution < -0.4 is 10.6 Å². The number of thioether (sulfide) groups is 1. The van der Waals surface area contributed by atoms with Crippen LogP contribution in [0.5, 0.6) is 0 Å². The molecule has 0 aliphatic heterocycles. The second-order valence-corrected chi connectivity index (χ2v) is 4.82. The molecule has 1 unspecified atom stereocenters. The van der Waals surface area contributed by atoms with Gasteiger partial charge in [-0.3, -0.25) is 4.79 Å². The first kappa shape index (κ1) is 14.0. The molecule has 0 saturated heterocycles. The van der Waals surface area contributed by atoms with Crippen molar-refractivity contribution in [1.82, 2.24) is 5.32 Å². The van der Waals surface area contributed by atoms with Crippen LogP contribution in [0.4, 0.5) is 5.69 Å². The van der Waals surface area contributed by atoms with E-state index in [0.29, 0.717) is 12.3 Å². The summed E-state index contributed by atoms with van der Waals surface area (Å²) in [7, 11) is 1.82. The minimum absolute atomic E-state index is 0.0742. The highest BCUT2D eigenvalue weighted by molar-refractivity contribution is 7.99. The molecule has 5 heteroatoms. The number of nitrogens with one attached hydrogen (secondary N) is 2. The Bertz CT molecular complexity index is 354. The normalized spacial score (nSPS) is 12.2. The third kappa shape index (κ3) is 5.72. The van der Waals surface area contributed by atoms with Crippen molar-refractivity contribution < 1.29 is 9.90 Å². The largest absolute Gasteiger partial charge is 0.391 e. The van der Waals surface area contributed by atoms with Gasteiger partial charge in [-0.2, -0.15) is 0 Å². The van der Waals surface area contributed by atoms with Gasteiger partial charge in [-0.25, -0.2) is 0 Å². The number of anilines is 1. The summed E-state index contributed by atoms with van der Waals surface area (Å²) < 4.78 is 0. The minimum Gasteiger partial charge on any atom is -0.391 e. The maximum atomic E-state index is 10.8. The number of hydrogen-bond donors (Lipinski definition) is 3. The Kier molecular flexibility index (Phi) is 6.04. The summed E-state index contributed by atoms with van der Waals surface area (Å²) in [6.45, 7) is 2.08. The molecule has 0 aliphatic carbocycles. The van der Waals surface area contributed by atoms with Gasteiger partial charge < -0.3 is 15.7 Å². The first-order valence-corrected chi connectivity index (χ1v) is 6.43. The van der Waals surface area contributed by atoms with Crippen LogP contribution in [0.2, 0.25) is 0 Å². The topological polar surface area (TPSA) is 61.4 Å². The summed E-state index contributed by atoms with van der Waals surface area (Å²) >= 11 is 1.59. The summed E-state index contributed by atoms with van der Waals surface area (Å²) in [6, 6.07) is 7.58. The van der Waals surface area contributed by atoms with Gasteiger partial charge in [-0.1, -0.05) is 0 Å². The van der Waals surface area contributed by atoms with Crippen LogP contribution >= 0.6 is 11.8 Å². The lowest BCUT2D eigenvalue weighted by atomic mass is 10.3. The molecule has 3 N–H and O–H groups in total. The highest BCUT2D eigenvalue weighted by Crippen LogP contribution is 2.20. The van der Waals surface area contributed by atoms with Gasteiger partial charge in [-0.05, 0) is 31.3 Å². The zero-order valence-corrected chi connectivity index (χ0v) is 10.9. The standard InChI is InChI=1S/C12H18N2O2S/c1-9(15)14-10-3-5-12(6-4-10)17-8-11(16)7-13-2/h3-6,11,13,16H,7-8H2,1-2H3,(H,14,15). The van der Waals surface area contributed by atoms with E-state index in [9.17, 15) is 9.90 Å². The Hall–Kier alpha value is -1.04. The van der Waals surface area contributed by atoms with Crippen LogP contribution in [0, 0.1) is 0 Å². The lowest BCUT2D eigenvalue weighted by Gasteiger charge is -2.09. The average Bonchev–Trinajstić information content (AvgIpc) is 2.28. The Balaban J connectivity index is 2.42. The van der Waals surface area contributed by atoms with Crippen LogP contribution in [0.1, 0.15) is 6.92 Å². The zero-order chi connectivity index (χ0) is 12.7. The molecule has 1 amide bonds. The van der Waals surface area contributed by atoms with Crippen molar-refractivity contribution >= 4 is 23.4 Å². The number of rotatable bonds is 6. The van der Waals surface area contributed by atoms with Gasteiger partial charge in [0.2, 0.25) is 5.91 Å². The summed E-state index contributed by atoms with van der Waals surface area (Å²) in [4.78, 5) is 11.9. The van der Waals surface area contributed by atoms with Gasteiger partial charge >= 0.3 is 0 Å². The summed E-state index contributed by atoms with van der Waals surface area (Å²) in [6.07, 6.45) is -0.347. The van der Waals surface area contributed by atoms with Gasteiger partial charge in [0, 0.05) is 29.8 Å². The minimum atomic E-state index is -0.347. The molecule has 0 radical (unpaired) electrons. The predicted octanol–water partition coefficient (Wildman–Crippen LogP) is 1.32. The Morgan fingerprint density at radius 2 is 2.06 bits per heavy atom. The molecule has 0 saturated carbocycles. The number of likely N-dealkylation sites (N-methyl/N-ethyl adjacent to an activating group) is 1. The maximum Gasteiger partial charge on any atom is 0.221 e. The summed E-state index contributed by atoms with van der Waals surface area (Å²) in [5, 5.41) is 15.2. The van der Waals surface area contributed by atoms with E-state index in [2.05, 4.69) is 10.6 Å². The molecule has 17 heavy (non-hydrogen) atoms. The molecular formula is C12H18N2O2S. The highest BCUT2D eigenvalue weighted by atomic mass is 32.2. The SMILES string of the molecule is CNCC(O)CSc1ccc(NC(C)=O)cc1. The molecule has 1 rings (SSSR count). The van der Waals surface area contributed by atoms with Crippen molar-refractivity contribution in [3.05, 3.63) is 24.3 Å². The zero-order valence-electron chi connectivity index (χ0n) is 10.1. The molecule has 94 valence electrons. The number of aliphatic hydroxyl groups is 1. The van der Waals surface area contributed by atoms with E-state index in [1.165, 1.54) is 6.92 Å². The van der Waals surface area contributed by atoms with Crippen molar-refractivity contribution in [2.24, 2.45) is 0 Å². The number of hydrogen-bond acceptors (Lipinski definition) is 4. The Morgan fingerprint density at radius 3 is 2.59 bits per heavy atom. The molecule has 1 atom stereocenters. The lowest BCUT2D eigenvalue weighted by Crippen LogP contribution is -2.25. The molecule has 0 heterocycles. The Labute approximate surface area is 106 Å². The van der Waals surface area contributed by atoms with Gasteiger partial charge in [0.1, 0.15) is 0 Å². The summed E-state index contributed by atoms with van der Waals surface area (Å²) in [5.41, 5.74) is 0.789. The molecule has 4 nitrogen and oxygen atoms in total. The Morgan fingerprint density at radius 1 is 1.41 bits per heavy atom. The number of carbonyl (C=O) groups excluding carboxylic acids is 1. The van der Waals surface area contributed by atoms with E-state index in [0.717, 1.165) is 10.6 Å². The van der Waals surface area contributed by atoms with Crippen LogP contribution in [0.15, 0.2) is 29.2 Å². The smallest absolute Gasteiger partial charge is 0.221 e. The quantitative estimate of drug-likeness (QED) is 0.670. The van der Waals surface area contributed by atoms with E-state index in [4.69, 9.17) is 0 Å². The average molecular weight is 254 g/mol. The predicted molar refractivity (Wildman–Crippen MR) is 71.4 cm³/mol.